The minimum Gasteiger partial charge on any atom is -0.497 e. The number of hydrogen-bond acceptors (Lipinski definition) is 23. The van der Waals surface area contributed by atoms with Gasteiger partial charge in [-0.25, -0.2) is 0 Å². The first-order valence-electron chi connectivity index (χ1n) is 43.9. The normalized spacial score (nSPS) is 18.9. The van der Waals surface area contributed by atoms with Crippen LogP contribution in [0.15, 0.2) is 193 Å². The number of methoxy groups -OCH3 is 1. The van der Waals surface area contributed by atoms with Gasteiger partial charge < -0.3 is 57.0 Å². The van der Waals surface area contributed by atoms with Crippen molar-refractivity contribution in [3.63, 3.8) is 0 Å². The summed E-state index contributed by atoms with van der Waals surface area (Å²) in [5.41, 5.74) is 11.1. The zero-order valence-corrected chi connectivity index (χ0v) is 83.7. The minimum atomic E-state index is -0.405. The lowest BCUT2D eigenvalue weighted by molar-refractivity contribution is 0.0606. The molecular formula is C107H111Br2Cl2NO21S. The number of ketones is 10. The van der Waals surface area contributed by atoms with Gasteiger partial charge in [-0.3, -0.25) is 47.9 Å². The number of aryl methyl sites for hydroxylation is 4. The molecule has 0 bridgehead atoms. The molecule has 0 N–H and O–H groups in total. The molecule has 10 aromatic carbocycles. The summed E-state index contributed by atoms with van der Waals surface area (Å²) >= 11 is 19.8. The summed E-state index contributed by atoms with van der Waals surface area (Å²) in [6.45, 7) is 27.1. The van der Waals surface area contributed by atoms with Crippen molar-refractivity contribution in [3.8, 4) is 63.2 Å². The highest BCUT2D eigenvalue weighted by molar-refractivity contribution is 9.10. The molecule has 5 atom stereocenters. The number of benzene rings is 10. The molecule has 0 radical (unpaired) electrons. The molecule has 0 saturated carbocycles. The van der Waals surface area contributed by atoms with E-state index in [1.54, 1.807) is 79.5 Å². The Kier molecular flexibility index (Phi) is 35.0. The molecular weight excluding hydrogens is 1900 g/mol. The van der Waals surface area contributed by atoms with Gasteiger partial charge in [-0.2, -0.15) is 0 Å². The highest BCUT2D eigenvalue weighted by Crippen LogP contribution is 2.41. The molecule has 20 rings (SSSR count). The summed E-state index contributed by atoms with van der Waals surface area (Å²) in [6.07, 6.45) is 5.64. The van der Waals surface area contributed by atoms with E-state index in [-0.39, 0.29) is 97.0 Å². The van der Waals surface area contributed by atoms with Crippen LogP contribution >= 0.6 is 66.8 Å². The first-order chi connectivity index (χ1) is 63.5. The van der Waals surface area contributed by atoms with Gasteiger partial charge in [0, 0.05) is 79.0 Å². The van der Waals surface area contributed by atoms with E-state index in [2.05, 4.69) is 31.9 Å². The van der Waals surface area contributed by atoms with Crippen molar-refractivity contribution in [3.05, 3.63) is 276 Å². The Bertz CT molecular complexity index is 5950. The van der Waals surface area contributed by atoms with E-state index in [4.69, 9.17) is 75.3 Å². The van der Waals surface area contributed by atoms with Crippen molar-refractivity contribution in [2.24, 2.45) is 0 Å². The Balaban J connectivity index is 0.000000143. The maximum atomic E-state index is 12.0. The molecule has 704 valence electrons. The number of alkyl halides is 2. The van der Waals surface area contributed by atoms with Crippen LogP contribution in [-0.4, -0.2) is 156 Å². The molecule has 10 aliphatic rings. The smallest absolute Gasteiger partial charge is 0.183 e. The largest absolute Gasteiger partial charge is 0.497 e. The zero-order valence-electron chi connectivity index (χ0n) is 78.2. The van der Waals surface area contributed by atoms with Crippen LogP contribution in [0.4, 0.5) is 5.69 Å². The van der Waals surface area contributed by atoms with E-state index in [1.807, 2.05) is 243 Å². The molecule has 5 unspecified atom stereocenters. The van der Waals surface area contributed by atoms with E-state index in [9.17, 15) is 47.9 Å². The Labute approximate surface area is 813 Å². The molecule has 0 aromatic heterocycles. The summed E-state index contributed by atoms with van der Waals surface area (Å²) in [5, 5.41) is 1.14. The van der Waals surface area contributed by atoms with Crippen molar-refractivity contribution in [1.82, 2.24) is 0 Å². The second-order valence-corrected chi connectivity index (χ2v) is 39.2. The van der Waals surface area contributed by atoms with Gasteiger partial charge in [0.1, 0.15) is 115 Å². The molecule has 10 aromatic rings. The van der Waals surface area contributed by atoms with Gasteiger partial charge in [-0.15, -0.1) is 11.8 Å². The third-order valence-electron chi connectivity index (χ3n) is 22.1. The van der Waals surface area contributed by atoms with E-state index >= 15 is 0 Å². The van der Waals surface area contributed by atoms with Gasteiger partial charge in [0.25, 0.3) is 0 Å². The quantitative estimate of drug-likeness (QED) is 0.117. The van der Waals surface area contributed by atoms with E-state index in [1.165, 1.54) is 0 Å². The summed E-state index contributed by atoms with van der Waals surface area (Å²) in [5.74, 6) is 9.16. The van der Waals surface area contributed by atoms with Crippen LogP contribution in [0.25, 0.3) is 0 Å². The van der Waals surface area contributed by atoms with Crippen molar-refractivity contribution in [2.45, 2.75) is 191 Å². The SMILES string of the molecule is CC1(C)CC(=O)c2cc(Cl)ccc2O1.CC1CC(=O)c2cc(Cl)ccc2O1.CC1CC(=O)c2ccccc2O1.CC1Oc2ccccc2C(=O)C1Br.CN(C)c1ccc2c(c1)OCCC2=O.COc1ccc2c(c1)OCCC2=O.CSc1ccc2c(c1)OCCC2=O.Cc1cc(C)c2c(c1)OC(C)(C)CC2=O.Cc1ccc2c(c1)C(=O)C(Br)CO2.Cc1ccc2c(c1)C(=O)CC(C)(C)O2. The molecule has 10 heterocycles. The summed E-state index contributed by atoms with van der Waals surface area (Å²) in [4.78, 5) is 119. The summed E-state index contributed by atoms with van der Waals surface area (Å²) in [6, 6.07) is 57.0. The number of rotatable bonds is 3. The van der Waals surface area contributed by atoms with Gasteiger partial charge >= 0.3 is 0 Å². The van der Waals surface area contributed by atoms with E-state index in [0.717, 1.165) is 78.1 Å². The number of ether oxygens (including phenoxy) is 11. The lowest BCUT2D eigenvalue weighted by Crippen LogP contribution is -2.36. The van der Waals surface area contributed by atoms with Gasteiger partial charge in [0.2, 0.25) is 0 Å². The summed E-state index contributed by atoms with van der Waals surface area (Å²) in [7, 11) is 5.52. The van der Waals surface area contributed by atoms with Crippen LogP contribution in [0.2, 0.25) is 10.0 Å². The van der Waals surface area contributed by atoms with Crippen molar-refractivity contribution < 1.29 is 100 Å². The second kappa shape index (κ2) is 45.6. The second-order valence-electron chi connectivity index (χ2n) is 35.3. The average Bonchev–Trinajstić information content (AvgIpc) is 0.779. The Hall–Kier alpha value is -11.6. The molecule has 134 heavy (non-hydrogen) atoms. The van der Waals surface area contributed by atoms with Crippen LogP contribution in [-0.2, 0) is 0 Å². The van der Waals surface area contributed by atoms with E-state index in [0.29, 0.717) is 161 Å². The van der Waals surface area contributed by atoms with Crippen LogP contribution < -0.4 is 57.0 Å². The minimum absolute atomic E-state index is 0.0207. The average molecular weight is 2010 g/mol. The molecule has 22 nitrogen and oxygen atoms in total. The number of Topliss-reactive ketones (excluding diaryl/α,β-unsaturated/α-hetero) is 10. The van der Waals surface area contributed by atoms with Gasteiger partial charge in [0.15, 0.2) is 57.8 Å². The van der Waals surface area contributed by atoms with Crippen LogP contribution in [0, 0.1) is 27.7 Å². The first-order valence-corrected chi connectivity index (χ1v) is 47.8. The predicted molar refractivity (Wildman–Crippen MR) is 528 cm³/mol. The fourth-order valence-corrected chi connectivity index (χ4v) is 17.0. The fraction of sp³-hybridized carbons (Fsp3) is 0.346. The number of anilines is 1. The number of fused-ring (bicyclic) bond motifs is 10. The monoisotopic (exact) mass is 2010 g/mol. The van der Waals surface area contributed by atoms with Gasteiger partial charge in [-0.05, 0) is 241 Å². The molecule has 10 aliphatic heterocycles. The number of nitrogens with zero attached hydrogens (tertiary/aromatic N) is 1. The number of halogens is 4. The molecule has 27 heteroatoms. The topological polar surface area (TPSA) is 275 Å². The fourth-order valence-electron chi connectivity index (χ4n) is 15.5. The summed E-state index contributed by atoms with van der Waals surface area (Å²) < 4.78 is 60.3. The maximum absolute atomic E-state index is 12.0. The lowest BCUT2D eigenvalue weighted by atomic mass is 9.90. The third-order valence-corrected chi connectivity index (χ3v) is 25.1. The lowest BCUT2D eigenvalue weighted by Gasteiger charge is -2.32. The van der Waals surface area contributed by atoms with E-state index < -0.39 is 5.60 Å². The molecule has 0 fully saturated rings. The predicted octanol–water partition coefficient (Wildman–Crippen LogP) is 24.1. The maximum Gasteiger partial charge on any atom is 0.183 e. The molecule has 0 spiro atoms. The Morgan fingerprint density at radius 2 is 0.821 bits per heavy atom. The zero-order chi connectivity index (χ0) is 97.4. The highest BCUT2D eigenvalue weighted by atomic mass is 79.9. The standard InChI is InChI=1S/C13H16O2.C12H14O2.C11H11ClO2.C11H13NO2.2C10H9BrO2.C10H9ClO2.C10H10O3.C10H10O2S.C10H10O2/c1-8-5-9(2)12-10(14)7-13(3,4)15-11(12)6-8;1-8-4-5-11-9(6-8)10(13)7-12(2,3)14-11;1-11(2)6-9(13)8-5-7(12)3-4-10(8)14-11;1-12(2)8-3-4-9-10(13)5-6-14-11(9)7-8;1-6-2-3-9-7(4-6)10(12)8(11)5-13-9;1-6-9(11)10(12)7-4-2-3-5-8(7)13-6;1-6-4-9(12)8-5-7(11)2-3-10(8)13-6;1-12-7-2-3-8-9(11)4-5-13-10(8)6-7;1-13-7-2-3-8-9(11)4-5-12-10(8)6-7;1-7-6-9(11)8-4-2-3-5-10(8)12-7/h5-6H,7H2,1-4H3;4-6H,7H2,1-3H3;3-5H,6H2,1-2H3;3-4,7H,5-6H2,1-2H3;2-4,8H,5H2,1H3;2-6,9H,1H3;2-3,5-6H,4H2,1H3;2*2-3,6H,4-5H2,1H3;2-5,7H,6H2,1H3. The Morgan fingerprint density at radius 1 is 0.388 bits per heavy atom. The van der Waals surface area contributed by atoms with Crippen molar-refractivity contribution >= 4 is 130 Å². The van der Waals surface area contributed by atoms with Gasteiger partial charge in [-0.1, -0.05) is 109 Å². The van der Waals surface area contributed by atoms with Crippen molar-refractivity contribution in [1.29, 1.82) is 0 Å². The first kappa shape index (κ1) is 103. The number of thioether (sulfide) groups is 1. The number of carbonyl (C=O) groups excluding carboxylic acids is 10. The molecule has 0 saturated heterocycles. The van der Waals surface area contributed by atoms with Crippen LogP contribution in [0.5, 0.6) is 63.2 Å². The Morgan fingerprint density at radius 3 is 1.37 bits per heavy atom. The number of carbonyl (C=O) groups is 10. The van der Waals surface area contributed by atoms with Gasteiger partial charge in [0.05, 0.1) is 102 Å². The van der Waals surface area contributed by atoms with Crippen LogP contribution in [0.3, 0.4) is 0 Å². The molecule has 0 amide bonds. The van der Waals surface area contributed by atoms with Crippen molar-refractivity contribution in [2.75, 3.05) is 58.8 Å². The number of hydrogen-bond donors (Lipinski definition) is 0. The van der Waals surface area contributed by atoms with Crippen LogP contribution in [0.1, 0.15) is 240 Å². The third kappa shape index (κ3) is 27.4. The number of para-hydroxylation sites is 2. The molecule has 0 aliphatic carbocycles. The highest BCUT2D eigenvalue weighted by Gasteiger charge is 2.38.